The van der Waals surface area contributed by atoms with Crippen molar-refractivity contribution in [2.75, 3.05) is 19.6 Å². The van der Waals surface area contributed by atoms with Gasteiger partial charge in [0.25, 0.3) is 0 Å². The van der Waals surface area contributed by atoms with E-state index in [9.17, 15) is 4.79 Å². The number of nitrogens with zero attached hydrogens (tertiary/aromatic N) is 1. The Labute approximate surface area is 68.2 Å². The van der Waals surface area contributed by atoms with Crippen molar-refractivity contribution in [2.45, 2.75) is 6.42 Å². The first-order valence-electron chi connectivity index (χ1n) is 3.73. The maximum atomic E-state index is 10.0. The summed E-state index contributed by atoms with van der Waals surface area (Å²) in [5.41, 5.74) is 0. The lowest BCUT2D eigenvalue weighted by molar-refractivity contribution is -0.108. The van der Waals surface area contributed by atoms with Crippen molar-refractivity contribution in [1.29, 1.82) is 0 Å². The molecule has 2 heteroatoms. The first-order chi connectivity index (χ1) is 5.35. The topological polar surface area (TPSA) is 20.3 Å². The molecule has 0 aromatic heterocycles. The summed E-state index contributed by atoms with van der Waals surface area (Å²) >= 11 is 0. The summed E-state index contributed by atoms with van der Waals surface area (Å²) in [7, 11) is 0. The van der Waals surface area contributed by atoms with E-state index in [4.69, 9.17) is 0 Å². The van der Waals surface area contributed by atoms with Gasteiger partial charge in [0.1, 0.15) is 6.29 Å². The fourth-order valence-corrected chi connectivity index (χ4v) is 0.858. The lowest BCUT2D eigenvalue weighted by atomic mass is 10.4. The van der Waals surface area contributed by atoms with Crippen LogP contribution in [-0.4, -0.2) is 30.8 Å². The molecule has 0 aromatic carbocycles. The molecule has 0 saturated carbocycles. The van der Waals surface area contributed by atoms with Gasteiger partial charge in [-0.1, -0.05) is 12.2 Å². The highest BCUT2D eigenvalue weighted by molar-refractivity contribution is 5.49. The zero-order valence-corrected chi connectivity index (χ0v) is 6.83. The Balaban J connectivity index is 3.57. The van der Waals surface area contributed by atoms with Gasteiger partial charge in [0.15, 0.2) is 0 Å². The van der Waals surface area contributed by atoms with Gasteiger partial charge in [-0.3, -0.25) is 4.90 Å². The highest BCUT2D eigenvalue weighted by Crippen LogP contribution is 1.90. The second kappa shape index (κ2) is 7.22. The second-order valence-electron chi connectivity index (χ2n) is 2.29. The van der Waals surface area contributed by atoms with Crippen molar-refractivity contribution in [3.8, 4) is 0 Å². The summed E-state index contributed by atoms with van der Waals surface area (Å²) in [6, 6.07) is 0. The zero-order valence-electron chi connectivity index (χ0n) is 6.83. The van der Waals surface area contributed by atoms with Crippen LogP contribution in [0, 0.1) is 0 Å². The van der Waals surface area contributed by atoms with Crippen molar-refractivity contribution in [2.24, 2.45) is 0 Å². The van der Waals surface area contributed by atoms with Crippen LogP contribution in [0.25, 0.3) is 0 Å². The number of aldehydes is 1. The molecule has 0 aromatic rings. The molecular weight excluding hydrogens is 138 g/mol. The Kier molecular flexibility index (Phi) is 6.64. The van der Waals surface area contributed by atoms with Crippen LogP contribution < -0.4 is 0 Å². The van der Waals surface area contributed by atoms with Gasteiger partial charge in [0, 0.05) is 26.1 Å². The molecule has 0 spiro atoms. The fourth-order valence-electron chi connectivity index (χ4n) is 0.858. The van der Waals surface area contributed by atoms with E-state index in [1.807, 2.05) is 12.2 Å². The van der Waals surface area contributed by atoms with E-state index in [0.717, 1.165) is 25.9 Å². The molecular formula is C9H15NO. The minimum Gasteiger partial charge on any atom is -0.303 e. The molecule has 0 bridgehead atoms. The lowest BCUT2D eigenvalue weighted by Gasteiger charge is -2.16. The monoisotopic (exact) mass is 153 g/mol. The molecule has 0 rings (SSSR count). The molecule has 0 heterocycles. The van der Waals surface area contributed by atoms with E-state index in [-0.39, 0.29) is 0 Å². The Morgan fingerprint density at radius 1 is 1.18 bits per heavy atom. The maximum Gasteiger partial charge on any atom is 0.121 e. The maximum absolute atomic E-state index is 10.0. The Morgan fingerprint density at radius 2 is 1.73 bits per heavy atom. The molecule has 0 unspecified atom stereocenters. The predicted octanol–water partition coefficient (Wildman–Crippen LogP) is 1.25. The van der Waals surface area contributed by atoms with Crippen LogP contribution in [-0.2, 0) is 4.79 Å². The molecule has 0 fully saturated rings. The smallest absolute Gasteiger partial charge is 0.121 e. The van der Waals surface area contributed by atoms with E-state index >= 15 is 0 Å². The van der Waals surface area contributed by atoms with Crippen LogP contribution in [0.4, 0.5) is 0 Å². The molecule has 0 amide bonds. The molecule has 0 aliphatic carbocycles. The van der Waals surface area contributed by atoms with Gasteiger partial charge in [-0.15, -0.1) is 13.2 Å². The number of hydrogen-bond donors (Lipinski definition) is 0. The van der Waals surface area contributed by atoms with Crippen molar-refractivity contribution in [1.82, 2.24) is 4.90 Å². The number of rotatable bonds is 7. The van der Waals surface area contributed by atoms with Gasteiger partial charge in [-0.25, -0.2) is 0 Å². The largest absolute Gasteiger partial charge is 0.303 e. The van der Waals surface area contributed by atoms with Crippen LogP contribution in [0.3, 0.4) is 0 Å². The summed E-state index contributed by atoms with van der Waals surface area (Å²) in [6.07, 6.45) is 5.17. The van der Waals surface area contributed by atoms with Crippen LogP contribution in [0.1, 0.15) is 6.42 Å². The second-order valence-corrected chi connectivity index (χ2v) is 2.29. The predicted molar refractivity (Wildman–Crippen MR) is 47.5 cm³/mol. The number of hydrogen-bond acceptors (Lipinski definition) is 2. The van der Waals surface area contributed by atoms with E-state index in [2.05, 4.69) is 18.1 Å². The van der Waals surface area contributed by atoms with Crippen molar-refractivity contribution in [3.05, 3.63) is 25.3 Å². The molecule has 0 radical (unpaired) electrons. The van der Waals surface area contributed by atoms with Crippen LogP contribution in [0.15, 0.2) is 25.3 Å². The fraction of sp³-hybridized carbons (Fsp3) is 0.444. The molecule has 0 aliphatic rings. The van der Waals surface area contributed by atoms with Crippen LogP contribution in [0.5, 0.6) is 0 Å². The van der Waals surface area contributed by atoms with Crippen LogP contribution in [0.2, 0.25) is 0 Å². The number of carbonyl (C=O) groups is 1. The molecule has 0 atom stereocenters. The third-order valence-electron chi connectivity index (χ3n) is 1.34. The summed E-state index contributed by atoms with van der Waals surface area (Å²) in [5.74, 6) is 0. The highest BCUT2D eigenvalue weighted by atomic mass is 16.1. The summed E-state index contributed by atoms with van der Waals surface area (Å²) in [4.78, 5) is 12.1. The van der Waals surface area contributed by atoms with E-state index in [0.29, 0.717) is 6.42 Å². The summed E-state index contributed by atoms with van der Waals surface area (Å²) in [6.45, 7) is 9.68. The van der Waals surface area contributed by atoms with Gasteiger partial charge < -0.3 is 4.79 Å². The van der Waals surface area contributed by atoms with Gasteiger partial charge >= 0.3 is 0 Å². The number of carbonyl (C=O) groups excluding carboxylic acids is 1. The minimum absolute atomic E-state index is 0.585. The van der Waals surface area contributed by atoms with E-state index in [1.165, 1.54) is 0 Å². The van der Waals surface area contributed by atoms with Crippen LogP contribution >= 0.6 is 0 Å². The van der Waals surface area contributed by atoms with Crippen molar-refractivity contribution in [3.63, 3.8) is 0 Å². The minimum atomic E-state index is 0.585. The highest BCUT2D eigenvalue weighted by Gasteiger charge is 1.97. The van der Waals surface area contributed by atoms with Gasteiger partial charge in [0.2, 0.25) is 0 Å². The van der Waals surface area contributed by atoms with Gasteiger partial charge in [-0.2, -0.15) is 0 Å². The van der Waals surface area contributed by atoms with Crippen molar-refractivity contribution < 1.29 is 4.79 Å². The van der Waals surface area contributed by atoms with Gasteiger partial charge in [0.05, 0.1) is 0 Å². The summed E-state index contributed by atoms with van der Waals surface area (Å²) in [5, 5.41) is 0. The third kappa shape index (κ3) is 5.55. The first kappa shape index (κ1) is 10.1. The first-order valence-corrected chi connectivity index (χ1v) is 3.73. The van der Waals surface area contributed by atoms with Gasteiger partial charge in [-0.05, 0) is 0 Å². The molecule has 62 valence electrons. The average molecular weight is 153 g/mol. The van der Waals surface area contributed by atoms with E-state index in [1.54, 1.807) is 0 Å². The molecule has 0 saturated heterocycles. The average Bonchev–Trinajstić information content (AvgIpc) is 2.01. The Morgan fingerprint density at radius 3 is 2.09 bits per heavy atom. The molecule has 11 heavy (non-hydrogen) atoms. The standard InChI is InChI=1S/C9H15NO/c1-3-6-10(7-4-2)8-5-9-11/h3-4,9H,1-2,5-8H2. The molecule has 0 N–H and O–H groups in total. The normalized spacial score (nSPS) is 9.55. The zero-order chi connectivity index (χ0) is 8.53. The molecule has 2 nitrogen and oxygen atoms in total. The third-order valence-corrected chi connectivity index (χ3v) is 1.34. The van der Waals surface area contributed by atoms with Crippen molar-refractivity contribution >= 4 is 6.29 Å². The lowest BCUT2D eigenvalue weighted by Crippen LogP contribution is -2.25. The quantitative estimate of drug-likeness (QED) is 0.405. The Hall–Kier alpha value is -0.890. The molecule has 0 aliphatic heterocycles. The summed E-state index contributed by atoms with van der Waals surface area (Å²) < 4.78 is 0. The van der Waals surface area contributed by atoms with E-state index < -0.39 is 0 Å². The SMILES string of the molecule is C=CCN(CC=C)CCC=O. The Bertz CT molecular complexity index is 122.